The molecule has 0 aliphatic rings. The van der Waals surface area contributed by atoms with Gasteiger partial charge >= 0.3 is 0 Å². The summed E-state index contributed by atoms with van der Waals surface area (Å²) in [4.78, 5) is 0. The molecule has 1 N–H and O–H groups in total. The molecule has 0 radical (unpaired) electrons. The van der Waals surface area contributed by atoms with Crippen molar-refractivity contribution in [3.63, 3.8) is 0 Å². The third-order valence-corrected chi connectivity index (χ3v) is 4.16. The van der Waals surface area contributed by atoms with Crippen LogP contribution < -0.4 is 10.1 Å². The van der Waals surface area contributed by atoms with Crippen molar-refractivity contribution in [3.05, 3.63) is 29.8 Å². The molecule has 0 heterocycles. The second-order valence-corrected chi connectivity index (χ2v) is 7.06. The van der Waals surface area contributed by atoms with Gasteiger partial charge in [0.25, 0.3) is 0 Å². The molecule has 2 unspecified atom stereocenters. The summed E-state index contributed by atoms with van der Waals surface area (Å²) < 4.78 is 6.00. The highest BCUT2D eigenvalue weighted by atomic mass is 16.5. The average Bonchev–Trinajstić information content (AvgIpc) is 2.45. The standard InChI is InChI=1S/C19H33NO/c1-7-13-20-18(19(4,5)6)14-21-17-11-9-16(10-12-17)15(3)8-2/h9-12,15,18,20H,7-8,13-14H2,1-6H3. The molecule has 0 aromatic heterocycles. The molecule has 1 aromatic rings. The van der Waals surface area contributed by atoms with Crippen LogP contribution in [0.25, 0.3) is 0 Å². The zero-order chi connectivity index (χ0) is 15.9. The van der Waals surface area contributed by atoms with Crippen LogP contribution in [0.15, 0.2) is 24.3 Å². The van der Waals surface area contributed by atoms with Crippen LogP contribution in [0.2, 0.25) is 0 Å². The molecule has 1 aromatic carbocycles. The third-order valence-electron chi connectivity index (χ3n) is 4.16. The molecule has 2 nitrogen and oxygen atoms in total. The SMILES string of the molecule is CCCNC(COc1ccc(C(C)CC)cc1)C(C)(C)C. The predicted octanol–water partition coefficient (Wildman–Crippen LogP) is 4.99. The first-order chi connectivity index (χ1) is 9.88. The van der Waals surface area contributed by atoms with Gasteiger partial charge in [-0.3, -0.25) is 0 Å². The van der Waals surface area contributed by atoms with Crippen LogP contribution in [0, 0.1) is 5.41 Å². The molecular weight excluding hydrogens is 258 g/mol. The van der Waals surface area contributed by atoms with Crippen LogP contribution in [0.1, 0.15) is 65.9 Å². The molecule has 1 rings (SSSR count). The van der Waals surface area contributed by atoms with Crippen LogP contribution in [0.5, 0.6) is 5.75 Å². The fourth-order valence-corrected chi connectivity index (χ4v) is 2.24. The zero-order valence-corrected chi connectivity index (χ0v) is 14.7. The average molecular weight is 291 g/mol. The minimum Gasteiger partial charge on any atom is -0.492 e. The molecule has 0 saturated carbocycles. The van der Waals surface area contributed by atoms with E-state index in [1.54, 1.807) is 0 Å². The second kappa shape index (κ2) is 8.43. The summed E-state index contributed by atoms with van der Waals surface area (Å²) in [6.07, 6.45) is 2.32. The lowest BCUT2D eigenvalue weighted by Crippen LogP contribution is -2.45. The maximum Gasteiger partial charge on any atom is 0.119 e. The Kier molecular flexibility index (Phi) is 7.24. The Hall–Kier alpha value is -1.02. The minimum absolute atomic E-state index is 0.200. The molecule has 0 aliphatic heterocycles. The fraction of sp³-hybridized carbons (Fsp3) is 0.684. The third kappa shape index (κ3) is 6.09. The van der Waals surface area contributed by atoms with E-state index in [1.165, 1.54) is 12.0 Å². The molecular formula is C19H33NO. The highest BCUT2D eigenvalue weighted by Gasteiger charge is 2.24. The van der Waals surface area contributed by atoms with Crippen molar-refractivity contribution < 1.29 is 4.74 Å². The number of benzene rings is 1. The van der Waals surface area contributed by atoms with Crippen molar-refractivity contribution in [2.75, 3.05) is 13.2 Å². The maximum absolute atomic E-state index is 6.00. The van der Waals surface area contributed by atoms with E-state index in [1.807, 2.05) is 0 Å². The Balaban J connectivity index is 2.59. The number of ether oxygens (including phenoxy) is 1. The summed E-state index contributed by atoms with van der Waals surface area (Å²) in [5.74, 6) is 1.59. The predicted molar refractivity (Wildman–Crippen MR) is 92.2 cm³/mol. The Morgan fingerprint density at radius 2 is 1.71 bits per heavy atom. The molecule has 0 fully saturated rings. The summed E-state index contributed by atoms with van der Waals surface area (Å²) in [6, 6.07) is 8.94. The van der Waals surface area contributed by atoms with E-state index < -0.39 is 0 Å². The molecule has 0 bridgehead atoms. The number of hydrogen-bond acceptors (Lipinski definition) is 2. The number of rotatable bonds is 8. The van der Waals surface area contributed by atoms with Crippen LogP contribution in [-0.4, -0.2) is 19.2 Å². The summed E-state index contributed by atoms with van der Waals surface area (Å²) in [5, 5.41) is 3.59. The van der Waals surface area contributed by atoms with Gasteiger partial charge in [-0.05, 0) is 48.4 Å². The van der Waals surface area contributed by atoms with E-state index in [0.29, 0.717) is 18.6 Å². The van der Waals surface area contributed by atoms with Gasteiger partial charge in [-0.1, -0.05) is 53.7 Å². The van der Waals surface area contributed by atoms with Gasteiger partial charge in [-0.25, -0.2) is 0 Å². The largest absolute Gasteiger partial charge is 0.492 e. The monoisotopic (exact) mass is 291 g/mol. The second-order valence-electron chi connectivity index (χ2n) is 7.06. The first kappa shape index (κ1) is 18.0. The molecule has 2 heteroatoms. The van der Waals surface area contributed by atoms with Crippen molar-refractivity contribution >= 4 is 0 Å². The van der Waals surface area contributed by atoms with Gasteiger partial charge in [0.2, 0.25) is 0 Å². The topological polar surface area (TPSA) is 21.3 Å². The van der Waals surface area contributed by atoms with Crippen molar-refractivity contribution in [2.24, 2.45) is 5.41 Å². The summed E-state index contributed by atoms with van der Waals surface area (Å²) >= 11 is 0. The first-order valence-electron chi connectivity index (χ1n) is 8.34. The van der Waals surface area contributed by atoms with Crippen molar-refractivity contribution in [2.45, 2.75) is 66.3 Å². The number of hydrogen-bond donors (Lipinski definition) is 1. The van der Waals surface area contributed by atoms with Gasteiger partial charge in [-0.2, -0.15) is 0 Å². The Labute approximate surface area is 131 Å². The Morgan fingerprint density at radius 3 is 2.19 bits per heavy atom. The minimum atomic E-state index is 0.200. The lowest BCUT2D eigenvalue weighted by atomic mass is 9.87. The van der Waals surface area contributed by atoms with Gasteiger partial charge in [0.05, 0.1) is 0 Å². The van der Waals surface area contributed by atoms with E-state index in [0.717, 1.165) is 18.7 Å². The fourth-order valence-electron chi connectivity index (χ4n) is 2.24. The summed E-state index contributed by atoms with van der Waals surface area (Å²) in [6.45, 7) is 15.2. The molecule has 0 saturated heterocycles. The van der Waals surface area contributed by atoms with Gasteiger partial charge < -0.3 is 10.1 Å². The van der Waals surface area contributed by atoms with E-state index >= 15 is 0 Å². The van der Waals surface area contributed by atoms with E-state index in [2.05, 4.69) is 71.1 Å². The Bertz CT molecular complexity index is 391. The zero-order valence-electron chi connectivity index (χ0n) is 14.7. The van der Waals surface area contributed by atoms with E-state index in [4.69, 9.17) is 4.74 Å². The molecule has 0 aliphatic carbocycles. The quantitative estimate of drug-likeness (QED) is 0.728. The van der Waals surface area contributed by atoms with E-state index in [9.17, 15) is 0 Å². The molecule has 0 spiro atoms. The van der Waals surface area contributed by atoms with Crippen LogP contribution in [0.3, 0.4) is 0 Å². The smallest absolute Gasteiger partial charge is 0.119 e. The van der Waals surface area contributed by atoms with Gasteiger partial charge in [0, 0.05) is 6.04 Å². The van der Waals surface area contributed by atoms with Crippen molar-refractivity contribution in [3.8, 4) is 5.75 Å². The van der Waals surface area contributed by atoms with Crippen molar-refractivity contribution in [1.82, 2.24) is 5.32 Å². The Morgan fingerprint density at radius 1 is 1.10 bits per heavy atom. The van der Waals surface area contributed by atoms with Crippen LogP contribution in [0.4, 0.5) is 0 Å². The lowest BCUT2D eigenvalue weighted by molar-refractivity contribution is 0.174. The number of nitrogens with one attached hydrogen (secondary N) is 1. The molecule has 2 atom stereocenters. The molecule has 21 heavy (non-hydrogen) atoms. The van der Waals surface area contributed by atoms with Crippen LogP contribution in [-0.2, 0) is 0 Å². The van der Waals surface area contributed by atoms with Gasteiger partial charge in [0.15, 0.2) is 0 Å². The summed E-state index contributed by atoms with van der Waals surface area (Å²) in [5.41, 5.74) is 1.59. The highest BCUT2D eigenvalue weighted by molar-refractivity contribution is 5.29. The van der Waals surface area contributed by atoms with Crippen molar-refractivity contribution in [1.29, 1.82) is 0 Å². The summed E-state index contributed by atoms with van der Waals surface area (Å²) in [7, 11) is 0. The first-order valence-corrected chi connectivity index (χ1v) is 8.34. The maximum atomic E-state index is 6.00. The lowest BCUT2D eigenvalue weighted by Gasteiger charge is -2.31. The van der Waals surface area contributed by atoms with Gasteiger partial charge in [-0.15, -0.1) is 0 Å². The van der Waals surface area contributed by atoms with Gasteiger partial charge in [0.1, 0.15) is 12.4 Å². The van der Waals surface area contributed by atoms with E-state index in [-0.39, 0.29) is 5.41 Å². The normalized spacial score (nSPS) is 14.8. The molecule has 120 valence electrons. The van der Waals surface area contributed by atoms with Crippen LogP contribution >= 0.6 is 0 Å². The molecule has 0 amide bonds. The highest BCUT2D eigenvalue weighted by Crippen LogP contribution is 2.23.